The van der Waals surface area contributed by atoms with Crippen molar-refractivity contribution in [3.8, 4) is 0 Å². The quantitative estimate of drug-likeness (QED) is 0.659. The molecule has 0 saturated carbocycles. The molecule has 0 unspecified atom stereocenters. The van der Waals surface area contributed by atoms with Gasteiger partial charge in [0.15, 0.2) is 0 Å². The van der Waals surface area contributed by atoms with Gasteiger partial charge in [-0.1, -0.05) is 0 Å². The number of carbonyl (C=O) groups excluding carboxylic acids is 3. The van der Waals surface area contributed by atoms with E-state index in [1.54, 1.807) is 13.8 Å². The molecule has 0 radical (unpaired) electrons. The molecule has 1 spiro atoms. The van der Waals surface area contributed by atoms with Gasteiger partial charge in [-0.3, -0.25) is 14.4 Å². The normalized spacial score (nSPS) is 35.9. The summed E-state index contributed by atoms with van der Waals surface area (Å²) in [5, 5.41) is 12.6. The third-order valence-electron chi connectivity index (χ3n) is 5.78. The molecular weight excluding hydrogens is 352 g/mol. The average molecular weight is 382 g/mol. The van der Waals surface area contributed by atoms with E-state index in [0.717, 1.165) is 0 Å². The van der Waals surface area contributed by atoms with E-state index >= 15 is 0 Å². The molecule has 3 aliphatic rings. The monoisotopic (exact) mass is 382 g/mol. The number of nitrogens with one attached hydrogen (secondary N) is 1. The van der Waals surface area contributed by atoms with Crippen LogP contribution in [0.25, 0.3) is 0 Å². The van der Waals surface area contributed by atoms with Crippen LogP contribution in [0.15, 0.2) is 0 Å². The van der Waals surface area contributed by atoms with Crippen LogP contribution in [0.3, 0.4) is 0 Å². The molecule has 0 aromatic carbocycles. The van der Waals surface area contributed by atoms with Gasteiger partial charge in [0, 0.05) is 5.54 Å². The highest BCUT2D eigenvalue weighted by molar-refractivity contribution is 5.98. The molecule has 3 heterocycles. The van der Waals surface area contributed by atoms with Crippen molar-refractivity contribution < 1.29 is 29.0 Å². The van der Waals surface area contributed by atoms with Crippen molar-refractivity contribution in [3.05, 3.63) is 0 Å². The lowest BCUT2D eigenvalue weighted by Gasteiger charge is -2.37. The van der Waals surface area contributed by atoms with Gasteiger partial charge >= 0.3 is 5.97 Å². The third kappa shape index (κ3) is 3.02. The lowest BCUT2D eigenvalue weighted by atomic mass is 9.70. The molecule has 8 heteroatoms. The first kappa shape index (κ1) is 20.1. The highest BCUT2D eigenvalue weighted by Gasteiger charge is 2.75. The van der Waals surface area contributed by atoms with Gasteiger partial charge < -0.3 is 24.8 Å². The number of aliphatic hydroxyl groups excluding tert-OH is 1. The Morgan fingerprint density at radius 3 is 2.67 bits per heavy atom. The number of likely N-dealkylation sites (tertiary alicyclic amines) is 1. The van der Waals surface area contributed by atoms with E-state index in [9.17, 15) is 19.5 Å². The summed E-state index contributed by atoms with van der Waals surface area (Å²) in [5.41, 5.74) is -1.53. The van der Waals surface area contributed by atoms with Crippen LogP contribution in [-0.2, 0) is 23.9 Å². The molecule has 3 rings (SSSR count). The Kier molecular flexibility index (Phi) is 5.01. The molecule has 2 N–H and O–H groups in total. The summed E-state index contributed by atoms with van der Waals surface area (Å²) in [7, 11) is 0. The van der Waals surface area contributed by atoms with Gasteiger partial charge in [-0.15, -0.1) is 0 Å². The van der Waals surface area contributed by atoms with Gasteiger partial charge in [0.25, 0.3) is 0 Å². The highest BCUT2D eigenvalue weighted by atomic mass is 16.6. The minimum atomic E-state index is -1.04. The molecule has 2 amide bonds. The topological polar surface area (TPSA) is 105 Å². The number of hydrogen-bond acceptors (Lipinski definition) is 6. The molecule has 3 saturated heterocycles. The van der Waals surface area contributed by atoms with E-state index in [1.807, 2.05) is 20.8 Å². The van der Waals surface area contributed by atoms with Gasteiger partial charge in [0.1, 0.15) is 11.6 Å². The van der Waals surface area contributed by atoms with E-state index in [0.29, 0.717) is 12.8 Å². The summed E-state index contributed by atoms with van der Waals surface area (Å²) in [6, 6.07) is -1.43. The lowest BCUT2D eigenvalue weighted by Crippen LogP contribution is -2.60. The standard InChI is InChI=1S/C19H30N2O6/c1-6-26-17(25)12-11-7-8-19(27-11)13(12)16(24)21(10(2)9-22)14(19)15(23)20-18(3,4)5/h10-14,22H,6-9H2,1-5H3,(H,20,23)/t10-,11+,12-,13-,14+,19-/m1/s1. The second-order valence-electron chi connectivity index (χ2n) is 8.82. The van der Waals surface area contributed by atoms with Crippen LogP contribution in [0.1, 0.15) is 47.5 Å². The van der Waals surface area contributed by atoms with Crippen LogP contribution in [0, 0.1) is 11.8 Å². The van der Waals surface area contributed by atoms with E-state index in [1.165, 1.54) is 4.90 Å². The zero-order valence-corrected chi connectivity index (χ0v) is 16.7. The van der Waals surface area contributed by atoms with Crippen molar-refractivity contribution in [2.24, 2.45) is 11.8 Å². The fourth-order valence-corrected chi connectivity index (χ4v) is 4.90. The molecule has 0 aromatic rings. The number of amides is 2. The first-order chi connectivity index (χ1) is 12.6. The fraction of sp³-hybridized carbons (Fsp3) is 0.842. The Labute approximate surface area is 159 Å². The predicted molar refractivity (Wildman–Crippen MR) is 95.5 cm³/mol. The number of carbonyl (C=O) groups is 3. The molecule has 27 heavy (non-hydrogen) atoms. The van der Waals surface area contributed by atoms with Crippen molar-refractivity contribution in [1.29, 1.82) is 0 Å². The summed E-state index contributed by atoms with van der Waals surface area (Å²) in [5.74, 6) is -2.53. The van der Waals surface area contributed by atoms with Crippen LogP contribution in [0.2, 0.25) is 0 Å². The molecule has 8 nitrogen and oxygen atoms in total. The number of esters is 1. The molecular formula is C19H30N2O6. The number of aliphatic hydroxyl groups is 1. The molecule has 3 aliphatic heterocycles. The van der Waals surface area contributed by atoms with Crippen molar-refractivity contribution in [3.63, 3.8) is 0 Å². The van der Waals surface area contributed by atoms with Gasteiger partial charge in [0.2, 0.25) is 11.8 Å². The van der Waals surface area contributed by atoms with E-state index < -0.39 is 47.1 Å². The summed E-state index contributed by atoms with van der Waals surface area (Å²) >= 11 is 0. The first-order valence-corrected chi connectivity index (χ1v) is 9.67. The molecule has 2 bridgehead atoms. The number of nitrogens with zero attached hydrogens (tertiary/aromatic N) is 1. The summed E-state index contributed by atoms with van der Waals surface area (Å²) in [6.07, 6.45) is 0.726. The second-order valence-corrected chi connectivity index (χ2v) is 8.82. The van der Waals surface area contributed by atoms with Gasteiger partial charge in [-0.25, -0.2) is 0 Å². The maximum Gasteiger partial charge on any atom is 0.312 e. The van der Waals surface area contributed by atoms with E-state index in [-0.39, 0.29) is 25.0 Å². The van der Waals surface area contributed by atoms with Crippen LogP contribution >= 0.6 is 0 Å². The van der Waals surface area contributed by atoms with E-state index in [4.69, 9.17) is 9.47 Å². The molecule has 3 fully saturated rings. The van der Waals surface area contributed by atoms with Crippen LogP contribution < -0.4 is 5.32 Å². The van der Waals surface area contributed by atoms with Gasteiger partial charge in [-0.05, 0) is 47.5 Å². The van der Waals surface area contributed by atoms with Crippen molar-refractivity contribution in [2.75, 3.05) is 13.2 Å². The maximum absolute atomic E-state index is 13.3. The van der Waals surface area contributed by atoms with Crippen LogP contribution in [-0.4, -0.2) is 70.3 Å². The zero-order chi connectivity index (χ0) is 20.1. The minimum absolute atomic E-state index is 0.223. The molecule has 152 valence electrons. The van der Waals surface area contributed by atoms with Crippen LogP contribution in [0.5, 0.6) is 0 Å². The van der Waals surface area contributed by atoms with Crippen molar-refractivity contribution in [1.82, 2.24) is 10.2 Å². The van der Waals surface area contributed by atoms with Gasteiger partial charge in [-0.2, -0.15) is 0 Å². The summed E-state index contributed by atoms with van der Waals surface area (Å²) in [6.45, 7) is 8.96. The van der Waals surface area contributed by atoms with Gasteiger partial charge in [0.05, 0.1) is 37.2 Å². The highest BCUT2D eigenvalue weighted by Crippen LogP contribution is 2.58. The Balaban J connectivity index is 2.02. The van der Waals surface area contributed by atoms with Crippen molar-refractivity contribution in [2.45, 2.75) is 76.8 Å². The van der Waals surface area contributed by atoms with Crippen molar-refractivity contribution >= 4 is 17.8 Å². The second kappa shape index (κ2) is 6.74. The average Bonchev–Trinajstić information content (AvgIpc) is 3.20. The largest absolute Gasteiger partial charge is 0.466 e. The zero-order valence-electron chi connectivity index (χ0n) is 16.7. The number of hydrogen-bond donors (Lipinski definition) is 2. The Morgan fingerprint density at radius 1 is 1.44 bits per heavy atom. The van der Waals surface area contributed by atoms with E-state index in [2.05, 4.69) is 5.32 Å². The lowest BCUT2D eigenvalue weighted by molar-refractivity contribution is -0.155. The SMILES string of the molecule is CCOC(=O)[C@@H]1[C@@H]2CC[C@]3(O2)[C@H](C(=O)NC(C)(C)C)N([C@H](C)CO)C(=O)[C@@H]13. The minimum Gasteiger partial charge on any atom is -0.466 e. The molecule has 0 aromatic heterocycles. The third-order valence-corrected chi connectivity index (χ3v) is 5.78. The summed E-state index contributed by atoms with van der Waals surface area (Å²) in [4.78, 5) is 40.5. The number of ether oxygens (including phenoxy) is 2. The Morgan fingerprint density at radius 2 is 2.11 bits per heavy atom. The molecule has 0 aliphatic carbocycles. The first-order valence-electron chi connectivity index (χ1n) is 9.67. The summed E-state index contributed by atoms with van der Waals surface area (Å²) < 4.78 is 11.4. The smallest absolute Gasteiger partial charge is 0.312 e. The number of fused-ring (bicyclic) bond motifs is 1. The number of rotatable bonds is 5. The van der Waals surface area contributed by atoms with Crippen LogP contribution in [0.4, 0.5) is 0 Å². The maximum atomic E-state index is 13.3. The fourth-order valence-electron chi connectivity index (χ4n) is 4.90. The molecule has 6 atom stereocenters. The Hall–Kier alpha value is -1.67. The predicted octanol–water partition coefficient (Wildman–Crippen LogP) is 0.220. The Bertz CT molecular complexity index is 645.